The third-order valence-electron chi connectivity index (χ3n) is 13.2. The highest BCUT2D eigenvalue weighted by Gasteiger charge is 2.17. The highest BCUT2D eigenvalue weighted by Crippen LogP contribution is 2.40. The standard InChI is InChI=1S/C69H59N3/c1-6-8-54-19-37-64(38-20-54)70(61-31-11-50(2)12-32-61)66-41-23-57(24-42-66)59-27-45-68(46-28-59)72(63-35-15-52(4)16-36-63)69-47-29-60(30-48-69)58-25-43-67(44-26-58)71(62-33-13-51(3)14-34-62)65-39-21-55(22-40-65)17-18-56-10-7-9-53(5)49-56/h6-49H,1-5H3. The van der Waals surface area contributed by atoms with Gasteiger partial charge in [-0.05, 0) is 183 Å². The van der Waals surface area contributed by atoms with Crippen molar-refractivity contribution in [2.24, 2.45) is 0 Å². The van der Waals surface area contributed by atoms with Crippen LogP contribution in [0.1, 0.15) is 45.9 Å². The summed E-state index contributed by atoms with van der Waals surface area (Å²) in [5.41, 5.74) is 23.1. The van der Waals surface area contributed by atoms with Gasteiger partial charge in [-0.1, -0.05) is 180 Å². The van der Waals surface area contributed by atoms with E-state index < -0.39 is 0 Å². The molecule has 0 aliphatic carbocycles. The molecular weight excluding hydrogens is 871 g/mol. The molecule has 3 heteroatoms. The molecule has 0 N–H and O–H groups in total. The molecule has 0 aromatic heterocycles. The molecule has 3 nitrogen and oxygen atoms in total. The van der Waals surface area contributed by atoms with E-state index in [1.165, 1.54) is 33.4 Å². The third-order valence-corrected chi connectivity index (χ3v) is 13.2. The second kappa shape index (κ2) is 21.4. The Morgan fingerprint density at radius 3 is 0.764 bits per heavy atom. The molecule has 72 heavy (non-hydrogen) atoms. The van der Waals surface area contributed by atoms with Crippen molar-refractivity contribution in [3.63, 3.8) is 0 Å². The summed E-state index contributed by atoms with van der Waals surface area (Å²) >= 11 is 0. The summed E-state index contributed by atoms with van der Waals surface area (Å²) in [5, 5.41) is 0. The van der Waals surface area contributed by atoms with Crippen LogP contribution in [0.25, 0.3) is 40.5 Å². The Hall–Kier alpha value is -8.92. The van der Waals surface area contributed by atoms with Crippen molar-refractivity contribution in [2.45, 2.75) is 34.6 Å². The van der Waals surface area contributed by atoms with Gasteiger partial charge in [0.15, 0.2) is 0 Å². The van der Waals surface area contributed by atoms with Gasteiger partial charge in [0, 0.05) is 51.2 Å². The zero-order chi connectivity index (χ0) is 49.4. The fraction of sp³-hybridized carbons (Fsp3) is 0.0725. The first-order valence-electron chi connectivity index (χ1n) is 24.8. The summed E-state index contributed by atoms with van der Waals surface area (Å²) in [5.74, 6) is 0. The van der Waals surface area contributed by atoms with Crippen LogP contribution in [-0.4, -0.2) is 0 Å². The Morgan fingerprint density at radius 2 is 0.486 bits per heavy atom. The molecule has 0 aliphatic heterocycles. The van der Waals surface area contributed by atoms with Crippen LogP contribution in [0.4, 0.5) is 51.2 Å². The zero-order valence-electron chi connectivity index (χ0n) is 41.7. The lowest BCUT2D eigenvalue weighted by atomic mass is 10.0. The van der Waals surface area contributed by atoms with Crippen LogP contribution >= 0.6 is 0 Å². The summed E-state index contributed by atoms with van der Waals surface area (Å²) in [6, 6.07) is 88.1. The molecule has 10 rings (SSSR count). The molecule has 0 saturated heterocycles. The number of hydrogen-bond acceptors (Lipinski definition) is 3. The normalized spacial score (nSPS) is 11.3. The second-order valence-electron chi connectivity index (χ2n) is 18.6. The van der Waals surface area contributed by atoms with E-state index in [2.05, 4.69) is 316 Å². The van der Waals surface area contributed by atoms with E-state index in [0.29, 0.717) is 0 Å². The molecule has 0 bridgehead atoms. The Kier molecular flexibility index (Phi) is 13.9. The average Bonchev–Trinajstić information content (AvgIpc) is 3.42. The molecule has 0 radical (unpaired) electrons. The Morgan fingerprint density at radius 1 is 0.236 bits per heavy atom. The Labute approximate surface area is 426 Å². The number of allylic oxidation sites excluding steroid dienone is 1. The van der Waals surface area contributed by atoms with Crippen molar-refractivity contribution in [2.75, 3.05) is 14.7 Å². The van der Waals surface area contributed by atoms with E-state index in [9.17, 15) is 0 Å². The van der Waals surface area contributed by atoms with Gasteiger partial charge in [-0.25, -0.2) is 0 Å². The average molecular weight is 930 g/mol. The van der Waals surface area contributed by atoms with Gasteiger partial charge in [-0.3, -0.25) is 0 Å². The van der Waals surface area contributed by atoms with Crippen LogP contribution in [0.15, 0.2) is 249 Å². The summed E-state index contributed by atoms with van der Waals surface area (Å²) < 4.78 is 0. The van der Waals surface area contributed by atoms with E-state index >= 15 is 0 Å². The van der Waals surface area contributed by atoms with Crippen LogP contribution in [0.2, 0.25) is 0 Å². The molecule has 0 unspecified atom stereocenters. The lowest BCUT2D eigenvalue weighted by Gasteiger charge is -2.27. The summed E-state index contributed by atoms with van der Waals surface area (Å²) in [6.07, 6.45) is 8.56. The first-order chi connectivity index (χ1) is 35.2. The maximum absolute atomic E-state index is 2.34. The van der Waals surface area contributed by atoms with Crippen molar-refractivity contribution in [3.05, 3.63) is 288 Å². The molecule has 0 aliphatic rings. The molecule has 0 saturated carbocycles. The van der Waals surface area contributed by atoms with Crippen LogP contribution in [0.3, 0.4) is 0 Å². The largest absolute Gasteiger partial charge is 0.311 e. The summed E-state index contributed by atoms with van der Waals surface area (Å²) in [7, 11) is 0. The number of hydrogen-bond donors (Lipinski definition) is 0. The van der Waals surface area contributed by atoms with Gasteiger partial charge >= 0.3 is 0 Å². The second-order valence-corrected chi connectivity index (χ2v) is 18.6. The van der Waals surface area contributed by atoms with E-state index in [1.807, 2.05) is 0 Å². The minimum absolute atomic E-state index is 1.09. The first kappa shape index (κ1) is 46.8. The molecule has 10 aromatic carbocycles. The van der Waals surface area contributed by atoms with E-state index in [1.54, 1.807) is 0 Å². The van der Waals surface area contributed by atoms with Crippen molar-refractivity contribution < 1.29 is 0 Å². The van der Waals surface area contributed by atoms with Crippen LogP contribution in [-0.2, 0) is 0 Å². The minimum Gasteiger partial charge on any atom is -0.311 e. The molecule has 350 valence electrons. The van der Waals surface area contributed by atoms with E-state index in [0.717, 1.165) is 79.0 Å². The lowest BCUT2D eigenvalue weighted by molar-refractivity contribution is 1.27. The SMILES string of the molecule is CC=Cc1ccc(N(c2ccc(C)cc2)c2ccc(-c3ccc(N(c4ccc(C)cc4)c4ccc(-c5ccc(N(c6ccc(C)cc6)c6ccc(C=Cc7cccc(C)c7)cc6)cc5)cc4)cc3)cc2)cc1. The van der Waals surface area contributed by atoms with E-state index in [-0.39, 0.29) is 0 Å². The van der Waals surface area contributed by atoms with Crippen molar-refractivity contribution >= 4 is 69.4 Å². The van der Waals surface area contributed by atoms with E-state index in [4.69, 9.17) is 0 Å². The molecular formula is C69H59N3. The topological polar surface area (TPSA) is 9.72 Å². The van der Waals surface area contributed by atoms with Crippen LogP contribution < -0.4 is 14.7 Å². The molecule has 0 heterocycles. The predicted molar refractivity (Wildman–Crippen MR) is 310 cm³/mol. The number of nitrogens with zero attached hydrogens (tertiary/aromatic N) is 3. The van der Waals surface area contributed by atoms with Crippen molar-refractivity contribution in [1.82, 2.24) is 0 Å². The number of benzene rings is 10. The third kappa shape index (κ3) is 10.8. The monoisotopic (exact) mass is 929 g/mol. The number of rotatable bonds is 14. The van der Waals surface area contributed by atoms with Gasteiger partial charge in [0.1, 0.15) is 0 Å². The summed E-state index contributed by atoms with van der Waals surface area (Å²) in [4.78, 5) is 6.98. The van der Waals surface area contributed by atoms with Crippen LogP contribution in [0.5, 0.6) is 0 Å². The number of aryl methyl sites for hydroxylation is 4. The lowest BCUT2D eigenvalue weighted by Crippen LogP contribution is -2.10. The minimum atomic E-state index is 1.09. The Balaban J connectivity index is 0.893. The molecule has 0 spiro atoms. The fourth-order valence-corrected chi connectivity index (χ4v) is 9.26. The van der Waals surface area contributed by atoms with Gasteiger partial charge in [0.05, 0.1) is 0 Å². The van der Waals surface area contributed by atoms with Gasteiger partial charge in [0.25, 0.3) is 0 Å². The van der Waals surface area contributed by atoms with Crippen molar-refractivity contribution in [3.8, 4) is 22.3 Å². The smallest absolute Gasteiger partial charge is 0.0462 e. The Bertz CT molecular complexity index is 3420. The quantitative estimate of drug-likeness (QED) is 0.101. The predicted octanol–water partition coefficient (Wildman–Crippen LogP) is 19.9. The highest BCUT2D eigenvalue weighted by molar-refractivity contribution is 5.84. The summed E-state index contributed by atoms with van der Waals surface area (Å²) in [6.45, 7) is 10.6. The number of anilines is 9. The van der Waals surface area contributed by atoms with Gasteiger partial charge < -0.3 is 14.7 Å². The highest BCUT2D eigenvalue weighted by atomic mass is 15.2. The zero-order valence-corrected chi connectivity index (χ0v) is 41.7. The molecule has 0 atom stereocenters. The maximum Gasteiger partial charge on any atom is 0.0462 e. The van der Waals surface area contributed by atoms with Gasteiger partial charge in [0.2, 0.25) is 0 Å². The van der Waals surface area contributed by atoms with Crippen molar-refractivity contribution in [1.29, 1.82) is 0 Å². The fourth-order valence-electron chi connectivity index (χ4n) is 9.26. The molecule has 10 aromatic rings. The first-order valence-corrected chi connectivity index (χ1v) is 24.8. The maximum atomic E-state index is 2.34. The van der Waals surface area contributed by atoms with Gasteiger partial charge in [-0.2, -0.15) is 0 Å². The molecule has 0 fully saturated rings. The van der Waals surface area contributed by atoms with Crippen LogP contribution in [0, 0.1) is 27.7 Å². The molecule has 0 amide bonds. The van der Waals surface area contributed by atoms with Gasteiger partial charge in [-0.15, -0.1) is 0 Å².